The summed E-state index contributed by atoms with van der Waals surface area (Å²) in [6, 6.07) is 0. The van der Waals surface area contributed by atoms with E-state index < -0.39 is 6.09 Å². The van der Waals surface area contributed by atoms with Crippen LogP contribution in [0.1, 0.15) is 13.8 Å². The smallest absolute Gasteiger partial charge is 0.421 e. The zero-order valence-corrected chi connectivity index (χ0v) is 9.66. The highest BCUT2D eigenvalue weighted by atomic mass is 16.6. The highest BCUT2D eigenvalue weighted by molar-refractivity contribution is 5.72. The first-order valence-electron chi connectivity index (χ1n) is 4.38. The first-order valence-corrected chi connectivity index (χ1v) is 4.38. The van der Waals surface area contributed by atoms with E-state index in [2.05, 4.69) is 17.9 Å². The van der Waals surface area contributed by atoms with E-state index in [4.69, 9.17) is 4.74 Å². The first kappa shape index (κ1) is 13.3. The molecule has 0 aliphatic heterocycles. The number of allylic oxidation sites excluding steroid dienone is 2. The molecule has 1 amide bonds. The molecule has 0 aliphatic carbocycles. The number of carbonyl (C=O) groups excluding carboxylic acids is 1. The molecule has 0 N–H and O–H groups in total. The van der Waals surface area contributed by atoms with Crippen molar-refractivity contribution in [3.63, 3.8) is 0 Å². The predicted molar refractivity (Wildman–Crippen MR) is 59.0 cm³/mol. The largest absolute Gasteiger partial charge is 0.482 e. The van der Waals surface area contributed by atoms with Gasteiger partial charge in [0.25, 0.3) is 0 Å². The maximum Gasteiger partial charge on any atom is 0.421 e. The van der Waals surface area contributed by atoms with Crippen molar-refractivity contribution in [2.45, 2.75) is 13.8 Å². The second-order valence-electron chi connectivity index (χ2n) is 3.12. The van der Waals surface area contributed by atoms with Gasteiger partial charge in [-0.3, -0.25) is 0 Å². The van der Waals surface area contributed by atoms with Crippen molar-refractivity contribution in [3.05, 3.63) is 36.4 Å². The van der Waals surface area contributed by atoms with Crippen LogP contribution in [0.4, 0.5) is 4.79 Å². The Kier molecular flexibility index (Phi) is 5.23. The minimum Gasteiger partial charge on any atom is -0.482 e. The van der Waals surface area contributed by atoms with Gasteiger partial charge < -0.3 is 9.47 Å². The molecular formula is C11H17NO3. The SMILES string of the molecule is C=C(C=C(C)C)N(C(=C)OC)C(=O)OC. The molecule has 0 aliphatic rings. The third-order valence-corrected chi connectivity index (χ3v) is 1.58. The van der Waals surface area contributed by atoms with Crippen LogP contribution in [0.2, 0.25) is 0 Å². The highest BCUT2D eigenvalue weighted by Crippen LogP contribution is 2.14. The summed E-state index contributed by atoms with van der Waals surface area (Å²) in [7, 11) is 2.71. The van der Waals surface area contributed by atoms with Gasteiger partial charge in [0.05, 0.1) is 14.2 Å². The van der Waals surface area contributed by atoms with Crippen LogP contribution < -0.4 is 0 Å². The van der Waals surface area contributed by atoms with Gasteiger partial charge in [-0.2, -0.15) is 0 Å². The van der Waals surface area contributed by atoms with Crippen LogP contribution in [0.3, 0.4) is 0 Å². The summed E-state index contributed by atoms with van der Waals surface area (Å²) in [5.41, 5.74) is 1.46. The molecule has 0 atom stereocenters. The molecule has 15 heavy (non-hydrogen) atoms. The lowest BCUT2D eigenvalue weighted by Crippen LogP contribution is -2.28. The van der Waals surface area contributed by atoms with E-state index in [-0.39, 0.29) is 5.88 Å². The van der Waals surface area contributed by atoms with Gasteiger partial charge in [0.2, 0.25) is 0 Å². The Hall–Kier alpha value is -1.71. The summed E-state index contributed by atoms with van der Waals surface area (Å²) in [5.74, 6) is 0.171. The predicted octanol–water partition coefficient (Wildman–Crippen LogP) is 2.65. The number of rotatable bonds is 4. The van der Waals surface area contributed by atoms with E-state index in [1.165, 1.54) is 14.2 Å². The van der Waals surface area contributed by atoms with Gasteiger partial charge in [0.15, 0.2) is 5.88 Å². The molecule has 0 bridgehead atoms. The lowest BCUT2D eigenvalue weighted by Gasteiger charge is -2.22. The van der Waals surface area contributed by atoms with Crippen molar-refractivity contribution >= 4 is 6.09 Å². The Labute approximate surface area is 90.5 Å². The van der Waals surface area contributed by atoms with E-state index in [0.29, 0.717) is 5.70 Å². The van der Waals surface area contributed by atoms with Crippen LogP contribution in [0.15, 0.2) is 36.4 Å². The fraction of sp³-hybridized carbons (Fsp3) is 0.364. The zero-order chi connectivity index (χ0) is 12.0. The molecule has 0 aromatic carbocycles. The maximum absolute atomic E-state index is 11.4. The van der Waals surface area contributed by atoms with Crippen LogP contribution in [0, 0.1) is 0 Å². The van der Waals surface area contributed by atoms with Crippen LogP contribution in [0.5, 0.6) is 0 Å². The van der Waals surface area contributed by atoms with E-state index in [1.54, 1.807) is 6.08 Å². The molecule has 4 heteroatoms. The topological polar surface area (TPSA) is 38.8 Å². The first-order chi connectivity index (χ1) is 6.93. The minimum atomic E-state index is -0.579. The third kappa shape index (κ3) is 3.89. The zero-order valence-electron chi connectivity index (χ0n) is 9.66. The lowest BCUT2D eigenvalue weighted by molar-refractivity contribution is 0.118. The van der Waals surface area contributed by atoms with E-state index in [1.807, 2.05) is 13.8 Å². The Morgan fingerprint density at radius 2 is 1.73 bits per heavy atom. The van der Waals surface area contributed by atoms with Gasteiger partial charge in [0, 0.05) is 5.70 Å². The number of carbonyl (C=O) groups is 1. The quantitative estimate of drug-likeness (QED) is 0.530. The van der Waals surface area contributed by atoms with Gasteiger partial charge in [-0.1, -0.05) is 12.2 Å². The fourth-order valence-corrected chi connectivity index (χ4v) is 0.960. The van der Waals surface area contributed by atoms with Crippen molar-refractivity contribution in [1.82, 2.24) is 4.90 Å². The van der Waals surface area contributed by atoms with Crippen molar-refractivity contribution < 1.29 is 14.3 Å². The van der Waals surface area contributed by atoms with Crippen LogP contribution in [-0.4, -0.2) is 25.2 Å². The van der Waals surface area contributed by atoms with E-state index in [9.17, 15) is 4.79 Å². The molecule has 0 aromatic rings. The Morgan fingerprint density at radius 3 is 2.07 bits per heavy atom. The molecule has 0 fully saturated rings. The summed E-state index contributed by atoms with van der Waals surface area (Å²) in [5, 5.41) is 0. The van der Waals surface area contributed by atoms with Crippen LogP contribution in [0.25, 0.3) is 0 Å². The van der Waals surface area contributed by atoms with E-state index in [0.717, 1.165) is 10.5 Å². The molecular weight excluding hydrogens is 194 g/mol. The molecule has 84 valence electrons. The summed E-state index contributed by atoms with van der Waals surface area (Å²) < 4.78 is 9.47. The molecule has 4 nitrogen and oxygen atoms in total. The number of methoxy groups -OCH3 is 2. The average Bonchev–Trinajstić information content (AvgIpc) is 2.16. The maximum atomic E-state index is 11.4. The van der Waals surface area contributed by atoms with Gasteiger partial charge in [-0.15, -0.1) is 0 Å². The molecule has 0 unspecified atom stereocenters. The average molecular weight is 211 g/mol. The normalized spacial score (nSPS) is 8.80. The standard InChI is InChI=1S/C11H17NO3/c1-8(2)7-9(3)12(10(4)14-5)11(13)15-6/h7H,3-4H2,1-2,5-6H3. The minimum absolute atomic E-state index is 0.171. The second-order valence-corrected chi connectivity index (χ2v) is 3.12. The monoisotopic (exact) mass is 211 g/mol. The Morgan fingerprint density at radius 1 is 1.20 bits per heavy atom. The van der Waals surface area contributed by atoms with Crippen molar-refractivity contribution in [2.24, 2.45) is 0 Å². The van der Waals surface area contributed by atoms with Gasteiger partial charge in [-0.25, -0.2) is 9.69 Å². The molecule has 0 aromatic heterocycles. The van der Waals surface area contributed by atoms with Gasteiger partial charge >= 0.3 is 6.09 Å². The summed E-state index contributed by atoms with van der Waals surface area (Å²) in [6.07, 6.45) is 1.16. The Balaban J connectivity index is 4.95. The lowest BCUT2D eigenvalue weighted by atomic mass is 10.3. The van der Waals surface area contributed by atoms with Gasteiger partial charge in [0.1, 0.15) is 0 Å². The molecule has 0 saturated carbocycles. The summed E-state index contributed by atoms with van der Waals surface area (Å²) in [6.45, 7) is 11.1. The number of nitrogens with zero attached hydrogens (tertiary/aromatic N) is 1. The van der Waals surface area contributed by atoms with Crippen molar-refractivity contribution in [3.8, 4) is 0 Å². The Bertz CT molecular complexity index is 285. The molecule has 0 radical (unpaired) electrons. The second kappa shape index (κ2) is 5.90. The number of hydrogen-bond donors (Lipinski definition) is 0. The van der Waals surface area contributed by atoms with Crippen LogP contribution >= 0.6 is 0 Å². The summed E-state index contributed by atoms with van der Waals surface area (Å²) >= 11 is 0. The van der Waals surface area contributed by atoms with Gasteiger partial charge in [-0.05, 0) is 26.5 Å². The van der Waals surface area contributed by atoms with Crippen molar-refractivity contribution in [2.75, 3.05) is 14.2 Å². The van der Waals surface area contributed by atoms with Crippen molar-refractivity contribution in [1.29, 1.82) is 0 Å². The molecule has 0 rings (SSSR count). The molecule has 0 spiro atoms. The molecule has 0 saturated heterocycles. The molecule has 0 heterocycles. The highest BCUT2D eigenvalue weighted by Gasteiger charge is 2.19. The number of amides is 1. The van der Waals surface area contributed by atoms with E-state index >= 15 is 0 Å². The fourth-order valence-electron chi connectivity index (χ4n) is 0.960. The third-order valence-electron chi connectivity index (χ3n) is 1.58. The van der Waals surface area contributed by atoms with Crippen LogP contribution in [-0.2, 0) is 9.47 Å². The number of ether oxygens (including phenoxy) is 2. The summed E-state index contributed by atoms with van der Waals surface area (Å²) in [4.78, 5) is 12.6. The number of hydrogen-bond acceptors (Lipinski definition) is 3.